The number of carbonyl (C=O) groups is 2. The average Bonchev–Trinajstić information content (AvgIpc) is 2.58. The number of ether oxygens (including phenoxy) is 1. The summed E-state index contributed by atoms with van der Waals surface area (Å²) in [6.45, 7) is 0. The molecule has 2 fully saturated rings. The lowest BCUT2D eigenvalue weighted by atomic mass is 9.70. The monoisotopic (exact) mass is 220 g/mol. The zero-order chi connectivity index (χ0) is 11.4. The Hall–Kier alpha value is -1.20. The molecule has 1 spiro atoms. The van der Waals surface area contributed by atoms with Crippen molar-refractivity contribution in [3.8, 4) is 0 Å². The fourth-order valence-electron chi connectivity index (χ4n) is 2.50. The highest BCUT2D eigenvalue weighted by atomic mass is 19.3. The lowest BCUT2D eigenvalue weighted by molar-refractivity contribution is -0.151. The van der Waals surface area contributed by atoms with Gasteiger partial charge < -0.3 is 9.84 Å². The number of hydrogen-bond donors (Lipinski definition) is 1. The van der Waals surface area contributed by atoms with Gasteiger partial charge in [0.1, 0.15) is 5.92 Å². The third-order valence-electron chi connectivity index (χ3n) is 3.50. The van der Waals surface area contributed by atoms with Crippen LogP contribution in [0.15, 0.2) is 0 Å². The van der Waals surface area contributed by atoms with E-state index in [-0.39, 0.29) is 12.8 Å². The Kier molecular flexibility index (Phi) is 1.84. The van der Waals surface area contributed by atoms with Crippen molar-refractivity contribution < 1.29 is 28.2 Å². The third-order valence-corrected chi connectivity index (χ3v) is 3.50. The molecule has 0 amide bonds. The van der Waals surface area contributed by atoms with Crippen LogP contribution in [0, 0.1) is 17.3 Å². The highest BCUT2D eigenvalue weighted by Crippen LogP contribution is 2.77. The molecule has 1 atom stereocenters. The van der Waals surface area contributed by atoms with Crippen molar-refractivity contribution >= 4 is 11.9 Å². The van der Waals surface area contributed by atoms with Crippen molar-refractivity contribution in [3.63, 3.8) is 0 Å². The molecule has 0 aromatic heterocycles. The van der Waals surface area contributed by atoms with Crippen molar-refractivity contribution in [1.82, 2.24) is 0 Å². The van der Waals surface area contributed by atoms with Gasteiger partial charge in [-0.1, -0.05) is 0 Å². The molecule has 0 saturated heterocycles. The number of hydrogen-bond acceptors (Lipinski definition) is 3. The summed E-state index contributed by atoms with van der Waals surface area (Å²) >= 11 is 0. The summed E-state index contributed by atoms with van der Waals surface area (Å²) in [5.74, 6) is -7.29. The fraction of sp³-hybridized carbons (Fsp3) is 0.778. The Morgan fingerprint density at radius 3 is 2.33 bits per heavy atom. The van der Waals surface area contributed by atoms with E-state index in [4.69, 9.17) is 5.11 Å². The summed E-state index contributed by atoms with van der Waals surface area (Å²) in [5, 5.41) is 8.58. The number of carboxylic acid groups (broad SMARTS) is 1. The van der Waals surface area contributed by atoms with E-state index < -0.39 is 35.1 Å². The van der Waals surface area contributed by atoms with E-state index in [1.165, 1.54) is 0 Å². The summed E-state index contributed by atoms with van der Waals surface area (Å²) in [6, 6.07) is 0. The highest BCUT2D eigenvalue weighted by Gasteiger charge is 2.87. The number of halogens is 2. The summed E-state index contributed by atoms with van der Waals surface area (Å²) in [7, 11) is 1.05. The minimum Gasteiger partial charge on any atom is -0.481 e. The molecule has 6 heteroatoms. The Morgan fingerprint density at radius 1 is 1.40 bits per heavy atom. The predicted octanol–water partition coefficient (Wildman–Crippen LogP) is 0.905. The van der Waals surface area contributed by atoms with Gasteiger partial charge in [0.25, 0.3) is 5.92 Å². The molecular formula is C9H10F2O4. The molecule has 0 aromatic rings. The first-order valence-electron chi connectivity index (χ1n) is 4.55. The smallest absolute Gasteiger partial charge is 0.315 e. The fourth-order valence-corrected chi connectivity index (χ4v) is 2.50. The van der Waals surface area contributed by atoms with Crippen molar-refractivity contribution in [2.75, 3.05) is 7.11 Å². The van der Waals surface area contributed by atoms with Gasteiger partial charge in [-0.2, -0.15) is 0 Å². The van der Waals surface area contributed by atoms with Crippen molar-refractivity contribution in [1.29, 1.82) is 0 Å². The first-order valence-corrected chi connectivity index (χ1v) is 4.55. The molecule has 0 bridgehead atoms. The van der Waals surface area contributed by atoms with Gasteiger partial charge in [0.15, 0.2) is 0 Å². The van der Waals surface area contributed by atoms with Crippen molar-refractivity contribution in [3.05, 3.63) is 0 Å². The molecule has 1 unspecified atom stereocenters. The molecule has 0 radical (unpaired) electrons. The van der Waals surface area contributed by atoms with Gasteiger partial charge in [0.05, 0.1) is 18.4 Å². The van der Waals surface area contributed by atoms with E-state index in [1.807, 2.05) is 0 Å². The van der Waals surface area contributed by atoms with Gasteiger partial charge in [-0.15, -0.1) is 0 Å². The molecule has 1 N–H and O–H groups in total. The quantitative estimate of drug-likeness (QED) is 0.702. The second-order valence-corrected chi connectivity index (χ2v) is 4.18. The van der Waals surface area contributed by atoms with Crippen molar-refractivity contribution in [2.45, 2.75) is 18.8 Å². The minimum atomic E-state index is -3.09. The zero-order valence-corrected chi connectivity index (χ0v) is 8.00. The number of rotatable bonds is 2. The first kappa shape index (κ1) is 10.3. The average molecular weight is 220 g/mol. The Morgan fingerprint density at radius 2 is 1.93 bits per heavy atom. The van der Waals surface area contributed by atoms with Crippen LogP contribution in [0.2, 0.25) is 0 Å². The molecule has 4 nitrogen and oxygen atoms in total. The van der Waals surface area contributed by atoms with Crippen LogP contribution in [0.25, 0.3) is 0 Å². The Labute approximate surface area is 84.2 Å². The van der Waals surface area contributed by atoms with Gasteiger partial charge in [-0.05, 0) is 12.8 Å². The minimum absolute atomic E-state index is 0.130. The third kappa shape index (κ3) is 1.04. The van der Waals surface area contributed by atoms with E-state index in [0.717, 1.165) is 7.11 Å². The molecule has 0 aromatic carbocycles. The van der Waals surface area contributed by atoms with Gasteiger partial charge in [-0.25, -0.2) is 8.78 Å². The van der Waals surface area contributed by atoms with Gasteiger partial charge in [-0.3, -0.25) is 9.59 Å². The van der Waals surface area contributed by atoms with Crippen LogP contribution in [-0.4, -0.2) is 30.1 Å². The normalized spacial score (nSPS) is 40.7. The summed E-state index contributed by atoms with van der Waals surface area (Å²) in [5.41, 5.74) is -1.43. The van der Waals surface area contributed by atoms with E-state index in [2.05, 4.69) is 4.74 Å². The maximum absolute atomic E-state index is 13.3. The molecule has 84 valence electrons. The SMILES string of the molecule is COC(=O)C1C(F)(F)C12CC(C(=O)O)C2. The molecular weight excluding hydrogens is 210 g/mol. The lowest BCUT2D eigenvalue weighted by Gasteiger charge is -2.32. The van der Waals surface area contributed by atoms with Crippen LogP contribution in [0.1, 0.15) is 12.8 Å². The van der Waals surface area contributed by atoms with Crippen LogP contribution in [-0.2, 0) is 14.3 Å². The largest absolute Gasteiger partial charge is 0.481 e. The van der Waals surface area contributed by atoms with Crippen molar-refractivity contribution in [2.24, 2.45) is 17.3 Å². The number of esters is 1. The number of carboxylic acids is 1. The molecule has 0 aliphatic heterocycles. The Bertz CT molecular complexity index is 333. The zero-order valence-electron chi connectivity index (χ0n) is 8.00. The summed E-state index contributed by atoms with van der Waals surface area (Å²) in [4.78, 5) is 21.5. The molecule has 0 heterocycles. The highest BCUT2D eigenvalue weighted by molar-refractivity contribution is 5.82. The van der Waals surface area contributed by atoms with E-state index >= 15 is 0 Å². The first-order chi connectivity index (χ1) is 6.87. The number of carbonyl (C=O) groups excluding carboxylic acids is 1. The van der Waals surface area contributed by atoms with Gasteiger partial charge in [0.2, 0.25) is 0 Å². The van der Waals surface area contributed by atoms with E-state index in [9.17, 15) is 18.4 Å². The van der Waals surface area contributed by atoms with Crippen LogP contribution in [0.3, 0.4) is 0 Å². The van der Waals surface area contributed by atoms with E-state index in [1.54, 1.807) is 0 Å². The van der Waals surface area contributed by atoms with Crippen LogP contribution >= 0.6 is 0 Å². The summed E-state index contributed by atoms with van der Waals surface area (Å²) < 4.78 is 30.8. The van der Waals surface area contributed by atoms with Crippen LogP contribution in [0.5, 0.6) is 0 Å². The van der Waals surface area contributed by atoms with Crippen LogP contribution in [0.4, 0.5) is 8.78 Å². The number of aliphatic carboxylic acids is 1. The second-order valence-electron chi connectivity index (χ2n) is 4.18. The van der Waals surface area contributed by atoms with E-state index in [0.29, 0.717) is 0 Å². The Balaban J connectivity index is 2.08. The topological polar surface area (TPSA) is 63.6 Å². The molecule has 2 saturated carbocycles. The van der Waals surface area contributed by atoms with Crippen LogP contribution < -0.4 is 0 Å². The maximum Gasteiger partial charge on any atom is 0.315 e. The molecule has 2 rings (SSSR count). The maximum atomic E-state index is 13.3. The summed E-state index contributed by atoms with van der Waals surface area (Å²) in [6.07, 6.45) is -0.260. The molecule has 2 aliphatic carbocycles. The lowest BCUT2D eigenvalue weighted by Crippen LogP contribution is -2.36. The standard InChI is InChI=1S/C9H10F2O4/c1-15-7(14)5-8(9(5,10)11)2-4(3-8)6(12)13/h4-5H,2-3H2,1H3,(H,12,13). The number of alkyl halides is 2. The predicted molar refractivity (Wildman–Crippen MR) is 43.2 cm³/mol. The second kappa shape index (κ2) is 2.68. The number of methoxy groups -OCH3 is 1. The molecule has 15 heavy (non-hydrogen) atoms. The van der Waals surface area contributed by atoms with Gasteiger partial charge in [0, 0.05) is 0 Å². The van der Waals surface area contributed by atoms with Gasteiger partial charge >= 0.3 is 11.9 Å². The molecule has 2 aliphatic rings.